The molecular weight excluding hydrogens is 439 g/mol. The number of ether oxygens (including phenoxy) is 1. The Labute approximate surface area is 154 Å². The van der Waals surface area contributed by atoms with Gasteiger partial charge in [0.2, 0.25) is 5.43 Å². The summed E-state index contributed by atoms with van der Waals surface area (Å²) in [7, 11) is 0. The van der Waals surface area contributed by atoms with Gasteiger partial charge in [0, 0.05) is 0 Å². The summed E-state index contributed by atoms with van der Waals surface area (Å²) >= 11 is 3.51. The van der Waals surface area contributed by atoms with Crippen LogP contribution in [-0.2, 0) is 4.74 Å². The van der Waals surface area contributed by atoms with Gasteiger partial charge in [-0.2, -0.15) is 0 Å². The van der Waals surface area contributed by atoms with Gasteiger partial charge in [0.05, 0.1) is 22.2 Å². The fraction of sp³-hybridized carbons (Fsp3) is 0.118. The summed E-state index contributed by atoms with van der Waals surface area (Å²) in [6.07, 6.45) is 0. The van der Waals surface area contributed by atoms with Crippen molar-refractivity contribution < 1.29 is 9.53 Å². The van der Waals surface area contributed by atoms with Gasteiger partial charge in [-0.3, -0.25) is 9.20 Å². The van der Waals surface area contributed by atoms with Crippen LogP contribution < -0.4 is 5.43 Å². The molecule has 0 amide bonds. The van der Waals surface area contributed by atoms with E-state index in [9.17, 15) is 9.59 Å². The molecule has 3 aromatic heterocycles. The first kappa shape index (κ1) is 15.5. The zero-order valence-electron chi connectivity index (χ0n) is 12.6. The number of rotatable bonds is 2. The number of carbonyl (C=O) groups is 1. The SMILES string of the molecule is CCOC(=O)c1c(=O)c2ccc(I)nc2n2c1sc1ccccc12. The number of fused-ring (bicyclic) bond motifs is 5. The largest absolute Gasteiger partial charge is 0.462 e. The van der Waals surface area contributed by atoms with E-state index in [2.05, 4.69) is 27.6 Å². The van der Waals surface area contributed by atoms with Crippen molar-refractivity contribution in [2.24, 2.45) is 0 Å². The van der Waals surface area contributed by atoms with Crippen LogP contribution in [0.1, 0.15) is 17.3 Å². The Morgan fingerprint density at radius 3 is 2.88 bits per heavy atom. The number of hydrogen-bond donors (Lipinski definition) is 0. The van der Waals surface area contributed by atoms with E-state index in [0.717, 1.165) is 13.9 Å². The predicted octanol–water partition coefficient (Wildman–Crippen LogP) is 3.84. The third kappa shape index (κ3) is 2.22. The van der Waals surface area contributed by atoms with E-state index in [0.29, 0.717) is 15.9 Å². The number of nitrogens with zero attached hydrogens (tertiary/aromatic N) is 2. The van der Waals surface area contributed by atoms with Crippen molar-refractivity contribution in [3.63, 3.8) is 0 Å². The number of carbonyl (C=O) groups excluding carboxylic acids is 1. The van der Waals surface area contributed by atoms with Gasteiger partial charge in [0.15, 0.2) is 5.65 Å². The lowest BCUT2D eigenvalue weighted by Gasteiger charge is -2.07. The van der Waals surface area contributed by atoms with Gasteiger partial charge >= 0.3 is 5.97 Å². The van der Waals surface area contributed by atoms with Crippen LogP contribution >= 0.6 is 33.9 Å². The highest BCUT2D eigenvalue weighted by Gasteiger charge is 2.23. The smallest absolute Gasteiger partial charge is 0.345 e. The van der Waals surface area contributed by atoms with Crippen LogP contribution in [0, 0.1) is 3.70 Å². The van der Waals surface area contributed by atoms with Crippen molar-refractivity contribution in [2.75, 3.05) is 6.61 Å². The van der Waals surface area contributed by atoms with Crippen LogP contribution in [0.3, 0.4) is 0 Å². The van der Waals surface area contributed by atoms with Gasteiger partial charge in [-0.1, -0.05) is 12.1 Å². The van der Waals surface area contributed by atoms with Crippen LogP contribution in [0.15, 0.2) is 41.2 Å². The number of thiazole rings is 1. The molecule has 0 unspecified atom stereocenters. The molecule has 4 aromatic rings. The van der Waals surface area contributed by atoms with E-state index < -0.39 is 5.97 Å². The van der Waals surface area contributed by atoms with Crippen molar-refractivity contribution in [2.45, 2.75) is 6.92 Å². The molecule has 7 heteroatoms. The molecule has 0 aliphatic rings. The normalized spacial score (nSPS) is 11.4. The van der Waals surface area contributed by atoms with Crippen molar-refractivity contribution in [3.05, 3.63) is 55.9 Å². The van der Waals surface area contributed by atoms with Crippen molar-refractivity contribution in [1.82, 2.24) is 9.38 Å². The van der Waals surface area contributed by atoms with Crippen molar-refractivity contribution >= 4 is 66.0 Å². The number of esters is 1. The molecule has 0 spiro atoms. The Bertz CT molecular complexity index is 1180. The standard InChI is InChI=1S/C17H11IN2O3S/c1-2-23-17(22)13-14(21)9-7-8-12(18)19-15(9)20-10-5-3-4-6-11(10)24-16(13)20/h3-8H,2H2,1H3. The number of hydrogen-bond acceptors (Lipinski definition) is 5. The zero-order chi connectivity index (χ0) is 16.8. The fourth-order valence-electron chi connectivity index (χ4n) is 2.75. The second-order valence-corrected chi connectivity index (χ2v) is 7.28. The Hall–Kier alpha value is -2.00. The summed E-state index contributed by atoms with van der Waals surface area (Å²) in [5.74, 6) is -0.591. The monoisotopic (exact) mass is 450 g/mol. The molecule has 120 valence electrons. The van der Waals surface area contributed by atoms with Gasteiger partial charge in [0.25, 0.3) is 0 Å². The maximum absolute atomic E-state index is 12.9. The summed E-state index contributed by atoms with van der Waals surface area (Å²) in [6.45, 7) is 1.95. The minimum Gasteiger partial charge on any atom is -0.462 e. The third-order valence-corrected chi connectivity index (χ3v) is 5.48. The molecule has 5 nitrogen and oxygen atoms in total. The first-order chi connectivity index (χ1) is 11.6. The van der Waals surface area contributed by atoms with E-state index in [1.54, 1.807) is 19.1 Å². The highest BCUT2D eigenvalue weighted by molar-refractivity contribution is 14.1. The molecule has 0 N–H and O–H groups in total. The summed E-state index contributed by atoms with van der Waals surface area (Å²) < 4.78 is 8.76. The Morgan fingerprint density at radius 2 is 2.08 bits per heavy atom. The van der Waals surface area contributed by atoms with Crippen LogP contribution in [0.2, 0.25) is 0 Å². The van der Waals surface area contributed by atoms with E-state index >= 15 is 0 Å². The molecule has 0 aliphatic carbocycles. The van der Waals surface area contributed by atoms with E-state index in [1.165, 1.54) is 11.3 Å². The lowest BCUT2D eigenvalue weighted by molar-refractivity contribution is 0.0527. The predicted molar refractivity (Wildman–Crippen MR) is 103 cm³/mol. The molecule has 1 aromatic carbocycles. The van der Waals surface area contributed by atoms with Crippen LogP contribution in [0.5, 0.6) is 0 Å². The Kier molecular flexibility index (Phi) is 3.76. The minimum atomic E-state index is -0.591. The number of halogens is 1. The maximum atomic E-state index is 12.9. The molecule has 0 atom stereocenters. The molecule has 4 rings (SSSR count). The average molecular weight is 450 g/mol. The summed E-state index contributed by atoms with van der Waals surface area (Å²) in [4.78, 5) is 30.4. The molecule has 0 radical (unpaired) electrons. The minimum absolute atomic E-state index is 0.0774. The first-order valence-corrected chi connectivity index (χ1v) is 9.21. The number of benzene rings is 1. The second-order valence-electron chi connectivity index (χ2n) is 5.14. The molecule has 0 fully saturated rings. The summed E-state index contributed by atoms with van der Waals surface area (Å²) in [5, 5.41) is 0.416. The number of para-hydroxylation sites is 1. The topological polar surface area (TPSA) is 60.7 Å². The highest BCUT2D eigenvalue weighted by Crippen LogP contribution is 2.30. The van der Waals surface area contributed by atoms with E-state index in [-0.39, 0.29) is 17.6 Å². The van der Waals surface area contributed by atoms with Crippen molar-refractivity contribution in [1.29, 1.82) is 0 Å². The molecular formula is C17H11IN2O3S. The number of pyridine rings is 2. The van der Waals surface area contributed by atoms with Gasteiger partial charge in [-0.15, -0.1) is 11.3 Å². The number of aromatic nitrogens is 2. The molecule has 0 saturated carbocycles. The fourth-order valence-corrected chi connectivity index (χ4v) is 4.33. The Balaban J connectivity index is 2.30. The van der Waals surface area contributed by atoms with E-state index in [1.807, 2.05) is 28.7 Å². The summed E-state index contributed by atoms with van der Waals surface area (Å²) in [6, 6.07) is 11.3. The van der Waals surface area contributed by atoms with E-state index in [4.69, 9.17) is 4.74 Å². The Morgan fingerprint density at radius 1 is 1.29 bits per heavy atom. The molecule has 3 heterocycles. The molecule has 0 saturated heterocycles. The third-order valence-electron chi connectivity index (χ3n) is 3.73. The lowest BCUT2D eigenvalue weighted by Crippen LogP contribution is -2.20. The average Bonchev–Trinajstić information content (AvgIpc) is 2.94. The van der Waals surface area contributed by atoms with Gasteiger partial charge in [-0.05, 0) is 53.8 Å². The first-order valence-electron chi connectivity index (χ1n) is 7.31. The second kappa shape index (κ2) is 5.82. The van der Waals surface area contributed by atoms with Gasteiger partial charge < -0.3 is 4.74 Å². The zero-order valence-corrected chi connectivity index (χ0v) is 15.6. The van der Waals surface area contributed by atoms with Gasteiger partial charge in [-0.25, -0.2) is 9.78 Å². The van der Waals surface area contributed by atoms with Gasteiger partial charge in [0.1, 0.15) is 14.1 Å². The summed E-state index contributed by atoms with van der Waals surface area (Å²) in [5.41, 5.74) is 1.22. The molecule has 0 bridgehead atoms. The van der Waals surface area contributed by atoms with Crippen LogP contribution in [-0.4, -0.2) is 22.0 Å². The highest BCUT2D eigenvalue weighted by atomic mass is 127. The maximum Gasteiger partial charge on any atom is 0.345 e. The molecule has 24 heavy (non-hydrogen) atoms. The lowest BCUT2D eigenvalue weighted by atomic mass is 10.2. The van der Waals surface area contributed by atoms with Crippen LogP contribution in [0.4, 0.5) is 0 Å². The van der Waals surface area contributed by atoms with Crippen molar-refractivity contribution in [3.8, 4) is 0 Å². The quantitative estimate of drug-likeness (QED) is 0.265. The van der Waals surface area contributed by atoms with Crippen LogP contribution in [0.25, 0.3) is 26.1 Å². The molecule has 0 aliphatic heterocycles.